The quantitative estimate of drug-likeness (QED) is 0.833. The average Bonchev–Trinajstić information content (AvgIpc) is 2.45. The molecule has 0 aliphatic heterocycles. The number of hydrogen-bond acceptors (Lipinski definition) is 4. The van der Waals surface area contributed by atoms with E-state index < -0.39 is 0 Å². The second-order valence-electron chi connectivity index (χ2n) is 4.58. The van der Waals surface area contributed by atoms with Gasteiger partial charge in [-0.25, -0.2) is 0 Å². The molecule has 0 N–H and O–H groups in total. The van der Waals surface area contributed by atoms with E-state index in [1.165, 1.54) is 0 Å². The third-order valence-electron chi connectivity index (χ3n) is 3.14. The van der Waals surface area contributed by atoms with Gasteiger partial charge in [-0.1, -0.05) is 6.07 Å². The first-order valence-electron chi connectivity index (χ1n) is 6.19. The summed E-state index contributed by atoms with van der Waals surface area (Å²) in [6.45, 7) is 3.73. The number of anilines is 2. The van der Waals surface area contributed by atoms with Gasteiger partial charge in [0, 0.05) is 18.4 Å². The maximum absolute atomic E-state index is 9.32. The third-order valence-corrected chi connectivity index (χ3v) is 3.14. The molecule has 0 aliphatic rings. The van der Waals surface area contributed by atoms with Gasteiger partial charge in [0.05, 0.1) is 28.6 Å². The Balaban J connectivity index is 2.56. The van der Waals surface area contributed by atoms with Crippen LogP contribution in [0.15, 0.2) is 30.3 Å². The van der Waals surface area contributed by atoms with Crippen LogP contribution in [0.25, 0.3) is 0 Å². The van der Waals surface area contributed by atoms with Crippen LogP contribution >= 0.6 is 0 Å². The Hall–Kier alpha value is -2.85. The molecule has 0 unspecified atom stereocenters. The van der Waals surface area contributed by atoms with Crippen molar-refractivity contribution in [1.82, 2.24) is 4.98 Å². The van der Waals surface area contributed by atoms with E-state index in [0.29, 0.717) is 16.8 Å². The fraction of sp³-hybridized carbons (Fsp3) is 0.188. The molecule has 0 saturated carbocycles. The summed E-state index contributed by atoms with van der Waals surface area (Å²) < 4.78 is 0. The Morgan fingerprint density at radius 2 is 1.85 bits per heavy atom. The molecule has 4 heteroatoms. The highest BCUT2D eigenvalue weighted by Crippen LogP contribution is 2.29. The molecule has 98 valence electrons. The number of nitrogens with zero attached hydrogens (tertiary/aromatic N) is 4. The van der Waals surface area contributed by atoms with Gasteiger partial charge in [-0.05, 0) is 38.1 Å². The lowest BCUT2D eigenvalue weighted by molar-refractivity contribution is 1.08. The molecular formula is C16H14N4. The second-order valence-corrected chi connectivity index (χ2v) is 4.58. The minimum absolute atomic E-state index is 0.556. The Bertz CT molecular complexity index is 735. The first-order chi connectivity index (χ1) is 9.56. The lowest BCUT2D eigenvalue weighted by Gasteiger charge is -2.22. The Labute approximate surface area is 118 Å². The summed E-state index contributed by atoms with van der Waals surface area (Å²) in [5.74, 6) is 0. The first kappa shape index (κ1) is 13.6. The van der Waals surface area contributed by atoms with Gasteiger partial charge in [-0.3, -0.25) is 4.98 Å². The summed E-state index contributed by atoms with van der Waals surface area (Å²) in [6.07, 6.45) is 0. The molecule has 0 saturated heterocycles. The topological polar surface area (TPSA) is 63.7 Å². The van der Waals surface area contributed by atoms with Gasteiger partial charge in [0.15, 0.2) is 0 Å². The summed E-state index contributed by atoms with van der Waals surface area (Å²) in [5.41, 5.74) is 4.39. The zero-order valence-electron chi connectivity index (χ0n) is 11.7. The van der Waals surface area contributed by atoms with E-state index in [0.717, 1.165) is 17.1 Å². The van der Waals surface area contributed by atoms with Crippen molar-refractivity contribution in [2.75, 3.05) is 11.9 Å². The molecule has 0 radical (unpaired) electrons. The number of rotatable bonds is 2. The van der Waals surface area contributed by atoms with Gasteiger partial charge in [0.2, 0.25) is 0 Å². The Kier molecular flexibility index (Phi) is 3.68. The number of hydrogen-bond donors (Lipinski definition) is 0. The predicted molar refractivity (Wildman–Crippen MR) is 77.6 cm³/mol. The highest BCUT2D eigenvalue weighted by molar-refractivity contribution is 5.70. The van der Waals surface area contributed by atoms with Crippen molar-refractivity contribution in [3.05, 3.63) is 52.8 Å². The van der Waals surface area contributed by atoms with Crippen LogP contribution < -0.4 is 4.90 Å². The van der Waals surface area contributed by atoms with E-state index in [1.807, 2.05) is 44.0 Å². The van der Waals surface area contributed by atoms with Gasteiger partial charge in [-0.15, -0.1) is 0 Å². The van der Waals surface area contributed by atoms with Gasteiger partial charge in [-0.2, -0.15) is 10.5 Å². The van der Waals surface area contributed by atoms with Crippen molar-refractivity contribution >= 4 is 11.4 Å². The number of pyridine rings is 1. The summed E-state index contributed by atoms with van der Waals surface area (Å²) >= 11 is 0. The van der Waals surface area contributed by atoms with Crippen molar-refractivity contribution < 1.29 is 0 Å². The zero-order valence-corrected chi connectivity index (χ0v) is 11.7. The fourth-order valence-electron chi connectivity index (χ4n) is 2.13. The van der Waals surface area contributed by atoms with Gasteiger partial charge >= 0.3 is 0 Å². The van der Waals surface area contributed by atoms with E-state index in [1.54, 1.807) is 12.1 Å². The lowest BCUT2D eigenvalue weighted by atomic mass is 10.1. The highest BCUT2D eigenvalue weighted by Gasteiger charge is 2.13. The highest BCUT2D eigenvalue weighted by atomic mass is 15.1. The smallest absolute Gasteiger partial charge is 0.103 e. The van der Waals surface area contributed by atoms with E-state index in [9.17, 15) is 5.26 Å². The van der Waals surface area contributed by atoms with Crippen LogP contribution in [0.5, 0.6) is 0 Å². The van der Waals surface area contributed by atoms with Crippen LogP contribution in [0.2, 0.25) is 0 Å². The number of aryl methyl sites for hydroxylation is 2. The largest absolute Gasteiger partial charge is 0.343 e. The minimum Gasteiger partial charge on any atom is -0.343 e. The molecule has 2 aromatic rings. The van der Waals surface area contributed by atoms with E-state index in [2.05, 4.69) is 17.1 Å². The molecule has 0 amide bonds. The van der Waals surface area contributed by atoms with Crippen molar-refractivity contribution in [3.8, 4) is 12.1 Å². The van der Waals surface area contributed by atoms with Crippen LogP contribution in [0.3, 0.4) is 0 Å². The molecule has 0 fully saturated rings. The molecule has 4 nitrogen and oxygen atoms in total. The average molecular weight is 262 g/mol. The zero-order chi connectivity index (χ0) is 14.7. The number of benzene rings is 1. The molecule has 0 bridgehead atoms. The van der Waals surface area contributed by atoms with Crippen molar-refractivity contribution in [2.45, 2.75) is 13.8 Å². The SMILES string of the molecule is Cc1cc(N(C)c2cccc(C#N)c2)c(C#N)c(C)n1. The van der Waals surface area contributed by atoms with Crippen molar-refractivity contribution in [2.24, 2.45) is 0 Å². The van der Waals surface area contributed by atoms with Crippen LogP contribution in [0.4, 0.5) is 11.4 Å². The van der Waals surface area contributed by atoms with E-state index in [-0.39, 0.29) is 0 Å². The van der Waals surface area contributed by atoms with Crippen molar-refractivity contribution in [3.63, 3.8) is 0 Å². The maximum atomic E-state index is 9.32. The summed E-state index contributed by atoms with van der Waals surface area (Å²) in [4.78, 5) is 6.22. The molecule has 1 heterocycles. The summed E-state index contributed by atoms with van der Waals surface area (Å²) in [5, 5.41) is 18.3. The fourth-order valence-corrected chi connectivity index (χ4v) is 2.13. The predicted octanol–water partition coefficient (Wildman–Crippen LogP) is 3.21. The van der Waals surface area contributed by atoms with Gasteiger partial charge < -0.3 is 4.90 Å². The Morgan fingerprint density at radius 1 is 1.10 bits per heavy atom. The monoisotopic (exact) mass is 262 g/mol. The Morgan fingerprint density at radius 3 is 2.50 bits per heavy atom. The molecule has 0 aliphatic carbocycles. The number of aromatic nitrogens is 1. The molecule has 20 heavy (non-hydrogen) atoms. The van der Waals surface area contributed by atoms with E-state index in [4.69, 9.17) is 5.26 Å². The van der Waals surface area contributed by atoms with Crippen LogP contribution in [-0.4, -0.2) is 12.0 Å². The summed E-state index contributed by atoms with van der Waals surface area (Å²) in [6, 6.07) is 13.5. The standard InChI is InChI=1S/C16H14N4/c1-11-7-16(15(10-18)12(2)19-11)20(3)14-6-4-5-13(8-14)9-17/h4-8H,1-3H3. The first-order valence-corrected chi connectivity index (χ1v) is 6.19. The molecule has 1 aromatic carbocycles. The maximum Gasteiger partial charge on any atom is 0.103 e. The normalized spacial score (nSPS) is 9.65. The van der Waals surface area contributed by atoms with Crippen molar-refractivity contribution in [1.29, 1.82) is 10.5 Å². The molecule has 2 rings (SSSR count). The van der Waals surface area contributed by atoms with Crippen LogP contribution in [0, 0.1) is 36.5 Å². The molecule has 0 atom stereocenters. The van der Waals surface area contributed by atoms with Gasteiger partial charge in [0.1, 0.15) is 6.07 Å². The minimum atomic E-state index is 0.556. The lowest BCUT2D eigenvalue weighted by Crippen LogP contribution is -2.13. The van der Waals surface area contributed by atoms with Crippen LogP contribution in [-0.2, 0) is 0 Å². The third kappa shape index (κ3) is 2.46. The summed E-state index contributed by atoms with van der Waals surface area (Å²) in [7, 11) is 1.88. The molecule has 0 spiro atoms. The molecule has 1 aromatic heterocycles. The van der Waals surface area contributed by atoms with Gasteiger partial charge in [0.25, 0.3) is 0 Å². The number of nitriles is 2. The van der Waals surface area contributed by atoms with E-state index >= 15 is 0 Å². The second kappa shape index (κ2) is 5.42. The van der Waals surface area contributed by atoms with Crippen LogP contribution in [0.1, 0.15) is 22.5 Å². The molecular weight excluding hydrogens is 248 g/mol.